The predicted molar refractivity (Wildman–Crippen MR) is 177 cm³/mol. The molecule has 8 heteroatoms. The van der Waals surface area contributed by atoms with Crippen LogP contribution in [0.4, 0.5) is 0 Å². The first-order chi connectivity index (χ1) is 21.6. The second-order valence-electron chi connectivity index (χ2n) is 10.6. The van der Waals surface area contributed by atoms with Crippen molar-refractivity contribution in [3.63, 3.8) is 0 Å². The zero-order valence-corrected chi connectivity index (χ0v) is 25.9. The van der Waals surface area contributed by atoms with Gasteiger partial charge in [-0.25, -0.2) is 0 Å². The molecule has 0 unspecified atom stereocenters. The molecule has 2 amide bonds. The average Bonchev–Trinajstić information content (AvgIpc) is 3.77. The number of amides is 2. The van der Waals surface area contributed by atoms with Gasteiger partial charge in [-0.15, -0.1) is 22.7 Å². The molecule has 4 heterocycles. The van der Waals surface area contributed by atoms with Crippen LogP contribution in [0.15, 0.2) is 115 Å². The van der Waals surface area contributed by atoms with Crippen molar-refractivity contribution in [1.82, 2.24) is 0 Å². The van der Waals surface area contributed by atoms with Crippen LogP contribution in [-0.2, 0) is 9.59 Å². The summed E-state index contributed by atoms with van der Waals surface area (Å²) in [5, 5.41) is 5.96. The summed E-state index contributed by atoms with van der Waals surface area (Å²) in [7, 11) is 0. The van der Waals surface area contributed by atoms with E-state index in [-0.39, 0.29) is 11.8 Å². The maximum Gasteiger partial charge on any atom is 0.248 e. The highest BCUT2D eigenvalue weighted by molar-refractivity contribution is 7.13. The summed E-state index contributed by atoms with van der Waals surface area (Å²) >= 11 is 3.19. The summed E-state index contributed by atoms with van der Waals surface area (Å²) in [6, 6.07) is 27.6. The molecule has 6 rings (SSSR count). The second-order valence-corrected chi connectivity index (χ2v) is 12.5. The Morgan fingerprint density at radius 2 is 0.977 bits per heavy atom. The van der Waals surface area contributed by atoms with E-state index in [9.17, 15) is 9.59 Å². The molecule has 6 aromatic rings. The molecule has 4 aromatic heterocycles. The standard InChI is InChI=1S/C36H32N2O4S2/c39-33(37-35-27(31-17-11-21-43-31)23-25-13-7-9-15-29(25)41-35)19-5-3-1-2-4-6-20-34(40)38-36-28(32-18-12-22-44-32)24-26-14-8-10-16-30(26)42-36/h7-18,21-24H,1-6,19-20H2. The zero-order chi connectivity index (χ0) is 30.1. The summed E-state index contributed by atoms with van der Waals surface area (Å²) in [5.74, 6) is -0.342. The Morgan fingerprint density at radius 3 is 1.41 bits per heavy atom. The van der Waals surface area contributed by atoms with Crippen LogP contribution in [0.3, 0.4) is 0 Å². The minimum atomic E-state index is -0.171. The molecule has 0 atom stereocenters. The number of hydrogen-bond acceptors (Lipinski definition) is 6. The van der Waals surface area contributed by atoms with Gasteiger partial charge in [0.25, 0.3) is 0 Å². The largest absolute Gasteiger partial charge is 0.438 e. The predicted octanol–water partition coefficient (Wildman–Crippen LogP) is 9.31. The molecule has 0 spiro atoms. The van der Waals surface area contributed by atoms with E-state index in [0.717, 1.165) is 70.2 Å². The van der Waals surface area contributed by atoms with Crippen molar-refractivity contribution in [2.24, 2.45) is 9.98 Å². The topological polar surface area (TPSA) is 85.1 Å². The Morgan fingerprint density at radius 1 is 0.545 bits per heavy atom. The van der Waals surface area contributed by atoms with Gasteiger partial charge in [-0.2, -0.15) is 9.98 Å². The molecule has 0 saturated heterocycles. The molecule has 0 aliphatic carbocycles. The number of rotatable bonds is 11. The van der Waals surface area contributed by atoms with E-state index < -0.39 is 0 Å². The van der Waals surface area contributed by atoms with Gasteiger partial charge in [-0.1, -0.05) is 74.2 Å². The number of carbonyl (C=O) groups is 2. The molecule has 44 heavy (non-hydrogen) atoms. The molecule has 0 N–H and O–H groups in total. The summed E-state index contributed by atoms with van der Waals surface area (Å²) in [6.45, 7) is 0. The molecular weight excluding hydrogens is 589 g/mol. The quantitative estimate of drug-likeness (QED) is 0.135. The molecular formula is C36H32N2O4S2. The van der Waals surface area contributed by atoms with Crippen LogP contribution >= 0.6 is 22.7 Å². The number of fused-ring (bicyclic) bond motifs is 2. The van der Waals surface area contributed by atoms with Crippen LogP contribution < -0.4 is 11.1 Å². The third kappa shape index (κ3) is 7.38. The molecule has 0 aliphatic heterocycles. The maximum absolute atomic E-state index is 12.7. The van der Waals surface area contributed by atoms with Gasteiger partial charge in [0.05, 0.1) is 11.1 Å². The average molecular weight is 621 g/mol. The van der Waals surface area contributed by atoms with Crippen molar-refractivity contribution in [1.29, 1.82) is 0 Å². The van der Waals surface area contributed by atoms with Crippen LogP contribution in [0.2, 0.25) is 0 Å². The Labute approximate surface area is 263 Å². The second kappa shape index (κ2) is 14.4. The number of benzene rings is 2. The van der Waals surface area contributed by atoms with Gasteiger partial charge in [0.15, 0.2) is 0 Å². The van der Waals surface area contributed by atoms with Gasteiger partial charge in [0.2, 0.25) is 22.9 Å². The highest BCUT2D eigenvalue weighted by atomic mass is 32.1. The number of unbranched alkanes of at least 4 members (excludes halogenated alkanes) is 5. The van der Waals surface area contributed by atoms with Crippen molar-refractivity contribution in [2.45, 2.75) is 51.4 Å². The lowest BCUT2D eigenvalue weighted by Crippen LogP contribution is -2.09. The van der Waals surface area contributed by atoms with Gasteiger partial charge in [-0.05, 0) is 60.0 Å². The fourth-order valence-electron chi connectivity index (χ4n) is 5.12. The summed E-state index contributed by atoms with van der Waals surface area (Å²) in [5.41, 5.74) is 3.83. The van der Waals surface area contributed by atoms with Gasteiger partial charge in [-0.3, -0.25) is 9.59 Å². The molecule has 2 aromatic carbocycles. The first-order valence-corrected chi connectivity index (χ1v) is 16.7. The number of hydrogen-bond donors (Lipinski definition) is 0. The van der Waals surface area contributed by atoms with Gasteiger partial charge in [0.1, 0.15) is 11.2 Å². The minimum Gasteiger partial charge on any atom is -0.438 e. The van der Waals surface area contributed by atoms with Crippen LogP contribution in [-0.4, -0.2) is 11.8 Å². The fraction of sp³-hybridized carbons (Fsp3) is 0.222. The van der Waals surface area contributed by atoms with Gasteiger partial charge in [0, 0.05) is 33.4 Å². The first kappa shape index (κ1) is 29.7. The summed E-state index contributed by atoms with van der Waals surface area (Å²) in [6.07, 6.45) is 6.18. The Kier molecular flexibility index (Phi) is 9.70. The normalized spacial score (nSPS) is 12.4. The van der Waals surface area contributed by atoms with Gasteiger partial charge < -0.3 is 8.83 Å². The molecule has 0 bridgehead atoms. The molecule has 0 fully saturated rings. The van der Waals surface area contributed by atoms with Crippen molar-refractivity contribution < 1.29 is 18.4 Å². The Balaban J connectivity index is 0.978. The van der Waals surface area contributed by atoms with E-state index in [2.05, 4.69) is 9.98 Å². The SMILES string of the molecule is O=C(CCCCCCCCC(=O)N=c1oc2ccccc2cc1-c1cccs1)N=c1oc2ccccc2cc1-c1cccs1. The molecule has 0 radical (unpaired) electrons. The number of nitrogens with zero attached hydrogens (tertiary/aromatic N) is 2. The zero-order valence-electron chi connectivity index (χ0n) is 24.2. The summed E-state index contributed by atoms with van der Waals surface area (Å²) in [4.78, 5) is 36.2. The van der Waals surface area contributed by atoms with Crippen molar-refractivity contribution >= 4 is 56.4 Å². The highest BCUT2D eigenvalue weighted by Crippen LogP contribution is 2.26. The molecule has 0 saturated carbocycles. The Hall–Kier alpha value is -4.40. The van der Waals surface area contributed by atoms with Crippen LogP contribution in [0, 0.1) is 0 Å². The Bertz CT molecular complexity index is 1870. The van der Waals surface area contributed by atoms with Crippen LogP contribution in [0.25, 0.3) is 42.8 Å². The molecule has 6 nitrogen and oxygen atoms in total. The maximum atomic E-state index is 12.7. The third-order valence-electron chi connectivity index (χ3n) is 7.37. The number of carbonyl (C=O) groups excluding carboxylic acids is 2. The van der Waals surface area contributed by atoms with E-state index in [4.69, 9.17) is 8.83 Å². The molecule has 222 valence electrons. The van der Waals surface area contributed by atoms with E-state index in [1.165, 1.54) is 0 Å². The third-order valence-corrected chi connectivity index (χ3v) is 9.18. The number of thiophene rings is 2. The lowest BCUT2D eigenvalue weighted by Gasteiger charge is -2.03. The van der Waals surface area contributed by atoms with Crippen LogP contribution in [0.1, 0.15) is 51.4 Å². The first-order valence-electron chi connectivity index (χ1n) is 14.9. The lowest BCUT2D eigenvalue weighted by atomic mass is 10.1. The van der Waals surface area contributed by atoms with E-state index in [1.54, 1.807) is 22.7 Å². The smallest absolute Gasteiger partial charge is 0.248 e. The molecule has 0 aliphatic rings. The highest BCUT2D eigenvalue weighted by Gasteiger charge is 2.11. The fourth-order valence-corrected chi connectivity index (χ4v) is 6.59. The van der Waals surface area contributed by atoms with Gasteiger partial charge >= 0.3 is 0 Å². The summed E-state index contributed by atoms with van der Waals surface area (Å²) < 4.78 is 12.1. The van der Waals surface area contributed by atoms with E-state index >= 15 is 0 Å². The van der Waals surface area contributed by atoms with Crippen molar-refractivity contribution in [3.05, 3.63) is 107 Å². The van der Waals surface area contributed by atoms with Crippen molar-refractivity contribution in [3.8, 4) is 20.9 Å². The van der Waals surface area contributed by atoms with E-state index in [1.807, 2.05) is 95.7 Å². The monoisotopic (exact) mass is 620 g/mol. The van der Waals surface area contributed by atoms with Crippen LogP contribution in [0.5, 0.6) is 0 Å². The van der Waals surface area contributed by atoms with E-state index in [0.29, 0.717) is 35.1 Å². The lowest BCUT2D eigenvalue weighted by molar-refractivity contribution is -0.119. The number of para-hydroxylation sites is 2. The van der Waals surface area contributed by atoms with Crippen molar-refractivity contribution in [2.75, 3.05) is 0 Å². The minimum absolute atomic E-state index is 0.171.